The summed E-state index contributed by atoms with van der Waals surface area (Å²) in [6.07, 6.45) is 3.51. The summed E-state index contributed by atoms with van der Waals surface area (Å²) in [4.78, 5) is 15.9. The Kier molecular flexibility index (Phi) is 5.22. The van der Waals surface area contributed by atoms with Gasteiger partial charge in [-0.25, -0.2) is 0 Å². The largest absolute Gasteiger partial charge is 0.486 e. The molecule has 2 aliphatic heterocycles. The molecular formula is C20H23N2O3S+. The third kappa shape index (κ3) is 4.08. The number of ether oxygens (including phenoxy) is 2. The van der Waals surface area contributed by atoms with Crippen LogP contribution in [0.15, 0.2) is 41.1 Å². The number of hydrogen-bond donors (Lipinski definition) is 1. The molecule has 2 aromatic rings. The smallest absolute Gasteiger partial charge is 0.246 e. The quantitative estimate of drug-likeness (QED) is 0.828. The molecule has 1 aromatic heterocycles. The van der Waals surface area contributed by atoms with Crippen LogP contribution in [0.3, 0.4) is 0 Å². The SMILES string of the molecule is O=C(/C=C/c1ccc2c(c1)OCCO2)N1CC[NH+](Cc2ccsc2)CC1. The first kappa shape index (κ1) is 17.1. The van der Waals surface area contributed by atoms with E-state index in [1.807, 2.05) is 29.2 Å². The Hall–Kier alpha value is -2.31. The normalized spacial score (nSPS) is 17.6. The van der Waals surface area contributed by atoms with Crippen molar-refractivity contribution < 1.29 is 19.2 Å². The summed E-state index contributed by atoms with van der Waals surface area (Å²) >= 11 is 1.74. The van der Waals surface area contributed by atoms with Crippen molar-refractivity contribution >= 4 is 23.3 Å². The van der Waals surface area contributed by atoms with Gasteiger partial charge in [0, 0.05) is 11.6 Å². The van der Waals surface area contributed by atoms with Crippen LogP contribution in [0, 0.1) is 0 Å². The molecule has 1 amide bonds. The predicted octanol–water partition coefficient (Wildman–Crippen LogP) is 1.46. The molecule has 1 N–H and O–H groups in total. The summed E-state index contributed by atoms with van der Waals surface area (Å²) in [5.41, 5.74) is 2.34. The van der Waals surface area contributed by atoms with Gasteiger partial charge in [-0.3, -0.25) is 4.79 Å². The third-order valence-electron chi connectivity index (χ3n) is 4.80. The van der Waals surface area contributed by atoms with E-state index in [0.29, 0.717) is 13.2 Å². The number of amides is 1. The molecule has 3 heterocycles. The zero-order chi connectivity index (χ0) is 17.8. The Balaban J connectivity index is 1.30. The van der Waals surface area contributed by atoms with E-state index in [9.17, 15) is 4.79 Å². The number of piperazine rings is 1. The monoisotopic (exact) mass is 371 g/mol. The van der Waals surface area contributed by atoms with Gasteiger partial charge in [0.25, 0.3) is 0 Å². The van der Waals surface area contributed by atoms with E-state index in [4.69, 9.17) is 9.47 Å². The average Bonchev–Trinajstić information content (AvgIpc) is 3.19. The highest BCUT2D eigenvalue weighted by molar-refractivity contribution is 7.07. The lowest BCUT2D eigenvalue weighted by molar-refractivity contribution is -0.917. The van der Waals surface area contributed by atoms with Crippen LogP contribution in [0.2, 0.25) is 0 Å². The van der Waals surface area contributed by atoms with Crippen LogP contribution in [-0.2, 0) is 11.3 Å². The second kappa shape index (κ2) is 7.93. The van der Waals surface area contributed by atoms with Crippen LogP contribution in [0.1, 0.15) is 11.1 Å². The minimum atomic E-state index is 0.0782. The molecule has 0 atom stereocenters. The fourth-order valence-electron chi connectivity index (χ4n) is 3.34. The summed E-state index contributed by atoms with van der Waals surface area (Å²) in [5.74, 6) is 1.59. The zero-order valence-electron chi connectivity index (χ0n) is 14.6. The van der Waals surface area contributed by atoms with Crippen LogP contribution in [0.25, 0.3) is 6.08 Å². The van der Waals surface area contributed by atoms with Crippen molar-refractivity contribution in [1.82, 2.24) is 4.90 Å². The second-order valence-corrected chi connectivity index (χ2v) is 7.40. The van der Waals surface area contributed by atoms with Gasteiger partial charge in [0.2, 0.25) is 5.91 Å². The number of hydrogen-bond acceptors (Lipinski definition) is 4. The number of carbonyl (C=O) groups excluding carboxylic acids is 1. The molecule has 0 radical (unpaired) electrons. The zero-order valence-corrected chi connectivity index (χ0v) is 15.5. The molecule has 1 aromatic carbocycles. The van der Waals surface area contributed by atoms with Crippen LogP contribution in [0.4, 0.5) is 0 Å². The lowest BCUT2D eigenvalue weighted by Gasteiger charge is -2.31. The lowest BCUT2D eigenvalue weighted by Crippen LogP contribution is -3.13. The number of carbonyl (C=O) groups is 1. The van der Waals surface area contributed by atoms with Crippen LogP contribution >= 0.6 is 11.3 Å². The van der Waals surface area contributed by atoms with Crippen LogP contribution in [-0.4, -0.2) is 50.2 Å². The molecule has 2 aliphatic rings. The first-order valence-corrected chi connectivity index (χ1v) is 9.93. The predicted molar refractivity (Wildman–Crippen MR) is 102 cm³/mol. The molecule has 0 saturated carbocycles. The molecule has 5 nitrogen and oxygen atoms in total. The van der Waals surface area contributed by atoms with Crippen molar-refractivity contribution in [2.75, 3.05) is 39.4 Å². The Morgan fingerprint density at radius 2 is 1.96 bits per heavy atom. The van der Waals surface area contributed by atoms with Gasteiger partial charge < -0.3 is 19.3 Å². The highest BCUT2D eigenvalue weighted by Gasteiger charge is 2.22. The number of nitrogens with one attached hydrogen (secondary N) is 1. The van der Waals surface area contributed by atoms with Crippen LogP contribution in [0.5, 0.6) is 11.5 Å². The number of nitrogens with zero attached hydrogens (tertiary/aromatic N) is 1. The molecular weight excluding hydrogens is 348 g/mol. The van der Waals surface area contributed by atoms with Gasteiger partial charge in [0.15, 0.2) is 11.5 Å². The van der Waals surface area contributed by atoms with Gasteiger partial charge in [-0.2, -0.15) is 11.3 Å². The molecule has 4 rings (SSSR count). The molecule has 0 spiro atoms. The summed E-state index contributed by atoms with van der Waals surface area (Å²) < 4.78 is 11.1. The third-order valence-corrected chi connectivity index (χ3v) is 5.53. The van der Waals surface area contributed by atoms with Crippen LogP contribution < -0.4 is 14.4 Å². The minimum Gasteiger partial charge on any atom is -0.486 e. The van der Waals surface area contributed by atoms with E-state index in [-0.39, 0.29) is 5.91 Å². The van der Waals surface area contributed by atoms with Gasteiger partial charge in [0.05, 0.1) is 26.2 Å². The van der Waals surface area contributed by atoms with Crippen molar-refractivity contribution in [3.05, 3.63) is 52.2 Å². The first-order valence-electron chi connectivity index (χ1n) is 8.99. The van der Waals surface area contributed by atoms with E-state index in [0.717, 1.165) is 49.8 Å². The maximum atomic E-state index is 12.5. The van der Waals surface area contributed by atoms with E-state index in [1.54, 1.807) is 22.3 Å². The maximum Gasteiger partial charge on any atom is 0.246 e. The molecule has 1 fully saturated rings. The van der Waals surface area contributed by atoms with Gasteiger partial charge in [-0.1, -0.05) is 6.07 Å². The van der Waals surface area contributed by atoms with Crippen molar-refractivity contribution in [3.8, 4) is 11.5 Å². The molecule has 136 valence electrons. The molecule has 6 heteroatoms. The minimum absolute atomic E-state index is 0.0782. The summed E-state index contributed by atoms with van der Waals surface area (Å²) in [5, 5.41) is 4.33. The van der Waals surface area contributed by atoms with Crippen molar-refractivity contribution in [2.45, 2.75) is 6.54 Å². The fraction of sp³-hybridized carbons (Fsp3) is 0.350. The molecule has 0 bridgehead atoms. The summed E-state index contributed by atoms with van der Waals surface area (Å²) in [6.45, 7) is 5.82. The van der Waals surface area contributed by atoms with E-state index >= 15 is 0 Å². The number of rotatable bonds is 4. The lowest BCUT2D eigenvalue weighted by atomic mass is 10.1. The average molecular weight is 371 g/mol. The summed E-state index contributed by atoms with van der Waals surface area (Å²) in [7, 11) is 0. The van der Waals surface area contributed by atoms with Gasteiger partial charge in [-0.05, 0) is 40.6 Å². The maximum absolute atomic E-state index is 12.5. The number of fused-ring (bicyclic) bond motifs is 1. The Morgan fingerprint density at radius 3 is 2.73 bits per heavy atom. The summed E-state index contributed by atoms with van der Waals surface area (Å²) in [6, 6.07) is 7.94. The highest BCUT2D eigenvalue weighted by atomic mass is 32.1. The number of benzene rings is 1. The van der Waals surface area contributed by atoms with Crippen molar-refractivity contribution in [3.63, 3.8) is 0 Å². The Bertz CT molecular complexity index is 780. The van der Waals surface area contributed by atoms with Gasteiger partial charge in [-0.15, -0.1) is 0 Å². The van der Waals surface area contributed by atoms with Crippen molar-refractivity contribution in [2.24, 2.45) is 0 Å². The topological polar surface area (TPSA) is 43.2 Å². The first-order chi connectivity index (χ1) is 12.8. The Labute approximate surface area is 157 Å². The number of quaternary nitrogens is 1. The molecule has 0 aliphatic carbocycles. The number of thiophene rings is 1. The Morgan fingerprint density at radius 1 is 1.15 bits per heavy atom. The van der Waals surface area contributed by atoms with Crippen molar-refractivity contribution in [1.29, 1.82) is 0 Å². The van der Waals surface area contributed by atoms with E-state index in [1.165, 1.54) is 5.56 Å². The highest BCUT2D eigenvalue weighted by Crippen LogP contribution is 2.31. The standard InChI is InChI=1S/C20H22N2O3S/c23-20(4-2-16-1-3-18-19(13-16)25-11-10-24-18)22-8-6-21(7-9-22)14-17-5-12-26-15-17/h1-5,12-13,15H,6-11,14H2/p+1/b4-2+. The molecule has 1 saturated heterocycles. The van der Waals surface area contributed by atoms with E-state index < -0.39 is 0 Å². The molecule has 0 unspecified atom stereocenters. The molecule has 26 heavy (non-hydrogen) atoms. The fourth-order valence-corrected chi connectivity index (χ4v) is 4.01. The van der Waals surface area contributed by atoms with E-state index in [2.05, 4.69) is 16.8 Å². The van der Waals surface area contributed by atoms with Gasteiger partial charge in [0.1, 0.15) is 19.8 Å². The van der Waals surface area contributed by atoms with Gasteiger partial charge >= 0.3 is 0 Å². The second-order valence-electron chi connectivity index (χ2n) is 6.62.